The number of amides is 1. The topological polar surface area (TPSA) is 63.4 Å². The van der Waals surface area contributed by atoms with Crippen molar-refractivity contribution < 1.29 is 14.0 Å². The molecule has 1 amide bonds. The lowest BCUT2D eigenvalue weighted by molar-refractivity contribution is -0.114. The second-order valence-corrected chi connectivity index (χ2v) is 5.25. The molecule has 0 N–H and O–H groups in total. The summed E-state index contributed by atoms with van der Waals surface area (Å²) in [5.41, 5.74) is 1.88. The molecule has 0 saturated heterocycles. The summed E-state index contributed by atoms with van der Waals surface area (Å²) >= 11 is 1.35. The third kappa shape index (κ3) is 1.94. The summed E-state index contributed by atoms with van der Waals surface area (Å²) in [5.74, 6) is -0.954. The predicted molar refractivity (Wildman–Crippen MR) is 69.5 cm³/mol. The molecule has 0 spiro atoms. The van der Waals surface area contributed by atoms with Crippen LogP contribution in [0.25, 0.3) is 0 Å². The average Bonchev–Trinajstić information content (AvgIpc) is 2.89. The Bertz CT molecular complexity index is 693. The second kappa shape index (κ2) is 4.24. The molecule has 96 valence electrons. The zero-order valence-electron chi connectivity index (χ0n) is 10.3. The molecule has 19 heavy (non-hydrogen) atoms. The van der Waals surface area contributed by atoms with E-state index >= 15 is 0 Å². The fourth-order valence-corrected chi connectivity index (χ4v) is 2.70. The zero-order valence-corrected chi connectivity index (χ0v) is 11.2. The molecule has 6 heteroatoms. The van der Waals surface area contributed by atoms with Crippen LogP contribution >= 0.6 is 11.8 Å². The van der Waals surface area contributed by atoms with E-state index in [4.69, 9.17) is 4.42 Å². The van der Waals surface area contributed by atoms with E-state index in [2.05, 4.69) is 4.98 Å². The molecule has 0 unspecified atom stereocenters. The first-order valence-electron chi connectivity index (χ1n) is 5.62. The summed E-state index contributed by atoms with van der Waals surface area (Å²) < 4.78 is 5.26. The van der Waals surface area contributed by atoms with Gasteiger partial charge in [0.05, 0.1) is 16.9 Å². The maximum absolute atomic E-state index is 11.7. The van der Waals surface area contributed by atoms with Crippen molar-refractivity contribution >= 4 is 29.1 Å². The summed E-state index contributed by atoms with van der Waals surface area (Å²) in [5, 5.41) is 0.538. The van der Waals surface area contributed by atoms with Gasteiger partial charge in [-0.15, -0.1) is 0 Å². The van der Waals surface area contributed by atoms with Gasteiger partial charge in [0.15, 0.2) is 0 Å². The lowest BCUT2D eigenvalue weighted by atomic mass is 10.1. The molecule has 3 rings (SSSR count). The van der Waals surface area contributed by atoms with Crippen LogP contribution < -0.4 is 4.90 Å². The van der Waals surface area contributed by atoms with Crippen LogP contribution in [0.2, 0.25) is 0 Å². The van der Waals surface area contributed by atoms with Gasteiger partial charge in [0.2, 0.25) is 0 Å². The molecule has 2 heterocycles. The number of fused-ring (bicyclic) bond motifs is 1. The van der Waals surface area contributed by atoms with Crippen LogP contribution in [0, 0.1) is 6.92 Å². The highest BCUT2D eigenvalue weighted by atomic mass is 32.2. The van der Waals surface area contributed by atoms with E-state index in [9.17, 15) is 9.59 Å². The van der Waals surface area contributed by atoms with Crippen LogP contribution in [0.1, 0.15) is 16.1 Å². The third-order valence-electron chi connectivity index (χ3n) is 2.88. The van der Waals surface area contributed by atoms with Gasteiger partial charge in [0.25, 0.3) is 16.9 Å². The maximum atomic E-state index is 11.7. The minimum Gasteiger partial charge on any atom is -0.439 e. The quantitative estimate of drug-likeness (QED) is 0.786. The van der Waals surface area contributed by atoms with Crippen molar-refractivity contribution in [3.63, 3.8) is 0 Å². The van der Waals surface area contributed by atoms with E-state index in [0.29, 0.717) is 16.5 Å². The highest BCUT2D eigenvalue weighted by Gasteiger charge is 2.33. The molecule has 5 nitrogen and oxygen atoms in total. The molecule has 0 bridgehead atoms. The number of ketones is 1. The predicted octanol–water partition coefficient (Wildman–Crippen LogP) is 2.29. The molecule has 0 fully saturated rings. The first-order chi connectivity index (χ1) is 9.06. The molecule has 0 saturated carbocycles. The fourth-order valence-electron chi connectivity index (χ4n) is 1.90. The molecular formula is C13H10N2O3S. The number of Topliss-reactive ketones (excluding diaryl/α,β-unsaturated/α-hetero) is 1. The summed E-state index contributed by atoms with van der Waals surface area (Å²) in [6.07, 6.45) is 1.58. The Kier molecular flexibility index (Phi) is 2.67. The Labute approximate surface area is 113 Å². The second-order valence-electron chi connectivity index (χ2n) is 4.23. The Hall–Kier alpha value is -2.08. The average molecular weight is 274 g/mol. The highest BCUT2D eigenvalue weighted by Crippen LogP contribution is 2.34. The van der Waals surface area contributed by atoms with Crippen molar-refractivity contribution in [3.8, 4) is 0 Å². The normalized spacial score (nSPS) is 14.1. The fraction of sp³-hybridized carbons (Fsp3) is 0.154. The number of anilines is 1. The van der Waals surface area contributed by atoms with E-state index in [1.807, 2.05) is 6.92 Å². The van der Waals surface area contributed by atoms with E-state index in [-0.39, 0.29) is 0 Å². The summed E-state index contributed by atoms with van der Waals surface area (Å²) in [7, 11) is 1.59. The van der Waals surface area contributed by atoms with E-state index < -0.39 is 11.7 Å². The Morgan fingerprint density at radius 2 is 2.11 bits per heavy atom. The van der Waals surface area contributed by atoms with Crippen LogP contribution in [0.4, 0.5) is 5.69 Å². The monoisotopic (exact) mass is 274 g/mol. The van der Waals surface area contributed by atoms with Crippen LogP contribution in [0.5, 0.6) is 0 Å². The molecular weight excluding hydrogens is 264 g/mol. The molecule has 1 aliphatic heterocycles. The number of likely N-dealkylation sites (N-methyl/N-ethyl adjacent to an activating group) is 1. The first kappa shape index (κ1) is 12.0. The van der Waals surface area contributed by atoms with E-state index in [1.165, 1.54) is 16.7 Å². The summed E-state index contributed by atoms with van der Waals surface area (Å²) in [4.78, 5) is 29.7. The lowest BCUT2D eigenvalue weighted by Gasteiger charge is -2.09. The molecule has 0 atom stereocenters. The van der Waals surface area contributed by atoms with Gasteiger partial charge < -0.3 is 9.32 Å². The first-order valence-corrected chi connectivity index (χ1v) is 6.44. The minimum atomic E-state index is -0.496. The standard InChI is InChI=1S/C13H10N2O3S/c1-7-6-18-13(14-7)19-8-3-4-9-10(5-8)15(2)12(17)11(9)16/h3-6H,1-2H3. The lowest BCUT2D eigenvalue weighted by Crippen LogP contribution is -2.24. The van der Waals surface area contributed by atoms with Gasteiger partial charge in [0.1, 0.15) is 6.26 Å². The van der Waals surface area contributed by atoms with Crippen molar-refractivity contribution in [2.24, 2.45) is 0 Å². The molecule has 1 aromatic carbocycles. The zero-order chi connectivity index (χ0) is 13.6. The van der Waals surface area contributed by atoms with E-state index in [1.54, 1.807) is 31.5 Å². The number of rotatable bonds is 2. The number of hydrogen-bond donors (Lipinski definition) is 0. The SMILES string of the molecule is Cc1coc(Sc2ccc3c(c2)N(C)C(=O)C3=O)n1. The highest BCUT2D eigenvalue weighted by molar-refractivity contribution is 7.99. The van der Waals surface area contributed by atoms with Crippen molar-refractivity contribution in [2.75, 3.05) is 11.9 Å². The largest absolute Gasteiger partial charge is 0.439 e. The molecule has 0 radical (unpaired) electrons. The van der Waals surface area contributed by atoms with Crippen LogP contribution in [0.15, 0.2) is 39.0 Å². The van der Waals surface area contributed by atoms with Crippen molar-refractivity contribution in [3.05, 3.63) is 35.7 Å². The Morgan fingerprint density at radius 3 is 2.79 bits per heavy atom. The van der Waals surface area contributed by atoms with Gasteiger partial charge in [-0.2, -0.15) is 0 Å². The summed E-state index contributed by atoms with van der Waals surface area (Å²) in [6.45, 7) is 1.85. The van der Waals surface area contributed by atoms with E-state index in [0.717, 1.165) is 10.6 Å². The third-order valence-corrected chi connectivity index (χ3v) is 3.73. The number of aromatic nitrogens is 1. The number of carbonyl (C=O) groups is 2. The molecule has 1 aromatic heterocycles. The van der Waals surface area contributed by atoms with Gasteiger partial charge in [-0.25, -0.2) is 4.98 Å². The Morgan fingerprint density at radius 1 is 1.32 bits per heavy atom. The number of hydrogen-bond acceptors (Lipinski definition) is 5. The van der Waals surface area contributed by atoms with Gasteiger partial charge >= 0.3 is 0 Å². The van der Waals surface area contributed by atoms with Crippen molar-refractivity contribution in [2.45, 2.75) is 17.0 Å². The smallest absolute Gasteiger partial charge is 0.299 e. The number of nitrogens with zero attached hydrogens (tertiary/aromatic N) is 2. The molecule has 0 aliphatic carbocycles. The van der Waals surface area contributed by atoms with Crippen LogP contribution in [-0.4, -0.2) is 23.7 Å². The van der Waals surface area contributed by atoms with Crippen LogP contribution in [-0.2, 0) is 4.79 Å². The van der Waals surface area contributed by atoms with Gasteiger partial charge in [-0.3, -0.25) is 9.59 Å². The number of benzene rings is 1. The van der Waals surface area contributed by atoms with Crippen LogP contribution in [0.3, 0.4) is 0 Å². The van der Waals surface area contributed by atoms with Crippen molar-refractivity contribution in [1.82, 2.24) is 4.98 Å². The number of aryl methyl sites for hydroxylation is 1. The number of oxazole rings is 1. The Balaban J connectivity index is 1.95. The number of carbonyl (C=O) groups excluding carboxylic acids is 2. The van der Waals surface area contributed by atoms with Gasteiger partial charge in [-0.05, 0) is 36.9 Å². The summed E-state index contributed by atoms with van der Waals surface area (Å²) in [6, 6.07) is 5.24. The maximum Gasteiger partial charge on any atom is 0.299 e. The van der Waals surface area contributed by atoms with Gasteiger partial charge in [0, 0.05) is 11.9 Å². The van der Waals surface area contributed by atoms with Gasteiger partial charge in [-0.1, -0.05) is 0 Å². The van der Waals surface area contributed by atoms with Crippen molar-refractivity contribution in [1.29, 1.82) is 0 Å². The molecule has 1 aliphatic rings. The molecule has 2 aromatic rings. The minimum absolute atomic E-state index is 0.445.